The number of unbranched alkanes of at least 4 members (excludes halogenated alkanes) is 1. The van der Waals surface area contributed by atoms with Crippen LogP contribution in [0, 0.1) is 11.6 Å². The Hall–Kier alpha value is -3.13. The van der Waals surface area contributed by atoms with E-state index in [2.05, 4.69) is 15.3 Å². The van der Waals surface area contributed by atoms with Crippen molar-refractivity contribution in [1.29, 1.82) is 0 Å². The van der Waals surface area contributed by atoms with Gasteiger partial charge in [-0.25, -0.2) is 13.8 Å². The Labute approximate surface area is 166 Å². The Balaban J connectivity index is 1.74. The predicted molar refractivity (Wildman–Crippen MR) is 107 cm³/mol. The molecule has 29 heavy (non-hydrogen) atoms. The van der Waals surface area contributed by atoms with Crippen LogP contribution in [0.5, 0.6) is 0 Å². The van der Waals surface area contributed by atoms with Gasteiger partial charge in [-0.1, -0.05) is 25.5 Å². The molecule has 0 aliphatic rings. The SMILES string of the molecule is CCCC[NH+](CC(=O)Nc1ccc(F)cc1F)Cc1nc2ccccc2c(=O)[nH]1. The molecule has 3 aromatic rings. The zero-order chi connectivity index (χ0) is 20.8. The number of aromatic nitrogens is 2. The van der Waals surface area contributed by atoms with E-state index in [1.807, 2.05) is 13.0 Å². The van der Waals surface area contributed by atoms with E-state index in [4.69, 9.17) is 0 Å². The summed E-state index contributed by atoms with van der Waals surface area (Å²) in [4.78, 5) is 32.8. The normalized spacial score (nSPS) is 12.1. The molecule has 0 aliphatic carbocycles. The van der Waals surface area contributed by atoms with Gasteiger partial charge < -0.3 is 15.2 Å². The zero-order valence-corrected chi connectivity index (χ0v) is 16.1. The molecule has 0 radical (unpaired) electrons. The minimum atomic E-state index is -0.825. The first-order chi connectivity index (χ1) is 14.0. The maximum Gasteiger partial charge on any atom is 0.279 e. The zero-order valence-electron chi connectivity index (χ0n) is 16.1. The molecule has 0 saturated heterocycles. The summed E-state index contributed by atoms with van der Waals surface area (Å²) in [7, 11) is 0. The van der Waals surface area contributed by atoms with Crippen molar-refractivity contribution in [3.8, 4) is 0 Å². The molecule has 1 unspecified atom stereocenters. The second kappa shape index (κ2) is 9.38. The van der Waals surface area contributed by atoms with Crippen LogP contribution in [0.2, 0.25) is 0 Å². The number of quaternary nitrogens is 1. The highest BCUT2D eigenvalue weighted by Gasteiger charge is 2.18. The number of halogens is 2. The monoisotopic (exact) mass is 401 g/mol. The molecule has 3 rings (SSSR count). The van der Waals surface area contributed by atoms with Gasteiger partial charge in [0.25, 0.3) is 11.5 Å². The molecule has 0 saturated carbocycles. The van der Waals surface area contributed by atoms with Crippen LogP contribution in [0.25, 0.3) is 10.9 Å². The van der Waals surface area contributed by atoms with E-state index in [1.165, 1.54) is 6.07 Å². The highest BCUT2D eigenvalue weighted by molar-refractivity contribution is 5.91. The van der Waals surface area contributed by atoms with Crippen LogP contribution >= 0.6 is 0 Å². The van der Waals surface area contributed by atoms with Crippen LogP contribution in [0.4, 0.5) is 14.5 Å². The number of nitrogens with one attached hydrogen (secondary N) is 3. The van der Waals surface area contributed by atoms with E-state index >= 15 is 0 Å². The highest BCUT2D eigenvalue weighted by Crippen LogP contribution is 2.14. The maximum atomic E-state index is 13.8. The van der Waals surface area contributed by atoms with Gasteiger partial charge in [0.1, 0.15) is 18.2 Å². The summed E-state index contributed by atoms with van der Waals surface area (Å²) >= 11 is 0. The molecule has 152 valence electrons. The number of hydrogen-bond acceptors (Lipinski definition) is 3. The lowest BCUT2D eigenvalue weighted by atomic mass is 10.2. The lowest BCUT2D eigenvalue weighted by Gasteiger charge is -2.18. The fraction of sp³-hybridized carbons (Fsp3) is 0.286. The molecule has 2 aromatic carbocycles. The highest BCUT2D eigenvalue weighted by atomic mass is 19.1. The fourth-order valence-electron chi connectivity index (χ4n) is 3.13. The Morgan fingerprint density at radius 3 is 2.76 bits per heavy atom. The summed E-state index contributed by atoms with van der Waals surface area (Å²) in [5.41, 5.74) is 0.306. The molecule has 1 aromatic heterocycles. The van der Waals surface area contributed by atoms with Gasteiger partial charge in [0, 0.05) is 6.07 Å². The summed E-state index contributed by atoms with van der Waals surface area (Å²) < 4.78 is 26.8. The van der Waals surface area contributed by atoms with Gasteiger partial charge >= 0.3 is 0 Å². The Bertz CT molecular complexity index is 1070. The lowest BCUT2D eigenvalue weighted by molar-refractivity contribution is -0.906. The van der Waals surface area contributed by atoms with Gasteiger partial charge in [0.2, 0.25) is 0 Å². The van der Waals surface area contributed by atoms with E-state index < -0.39 is 17.5 Å². The summed E-state index contributed by atoms with van der Waals surface area (Å²) in [6.07, 6.45) is 1.82. The topological polar surface area (TPSA) is 79.3 Å². The minimum absolute atomic E-state index is 0.0629. The molecule has 0 bridgehead atoms. The number of carbonyl (C=O) groups is 1. The van der Waals surface area contributed by atoms with Gasteiger partial charge in [0.15, 0.2) is 12.4 Å². The molecule has 0 spiro atoms. The van der Waals surface area contributed by atoms with Crippen LogP contribution in [0.1, 0.15) is 25.6 Å². The van der Waals surface area contributed by atoms with Gasteiger partial charge in [-0.05, 0) is 30.7 Å². The third-order valence-electron chi connectivity index (χ3n) is 4.58. The lowest BCUT2D eigenvalue weighted by Crippen LogP contribution is -3.12. The van der Waals surface area contributed by atoms with Crippen molar-refractivity contribution in [3.05, 3.63) is 70.3 Å². The van der Waals surface area contributed by atoms with Gasteiger partial charge in [0.05, 0.1) is 23.1 Å². The van der Waals surface area contributed by atoms with Gasteiger partial charge in [-0.2, -0.15) is 0 Å². The number of carbonyl (C=O) groups excluding carboxylic acids is 1. The number of hydrogen-bond donors (Lipinski definition) is 3. The number of aromatic amines is 1. The molecule has 0 aliphatic heterocycles. The first kappa shape index (κ1) is 20.6. The van der Waals surface area contributed by atoms with Crippen molar-refractivity contribution >= 4 is 22.5 Å². The average Bonchev–Trinajstić information content (AvgIpc) is 2.68. The van der Waals surface area contributed by atoms with E-state index in [-0.39, 0.29) is 17.8 Å². The second-order valence-electron chi connectivity index (χ2n) is 6.91. The molecule has 1 heterocycles. The number of H-pyrrole nitrogens is 1. The number of fused-ring (bicyclic) bond motifs is 1. The fourth-order valence-corrected chi connectivity index (χ4v) is 3.13. The molecule has 1 amide bonds. The summed E-state index contributed by atoms with van der Waals surface area (Å²) in [6, 6.07) is 10.1. The summed E-state index contributed by atoms with van der Waals surface area (Å²) in [5, 5.41) is 2.99. The van der Waals surface area contributed by atoms with Gasteiger partial charge in [-0.3, -0.25) is 9.59 Å². The van der Waals surface area contributed by atoms with Crippen LogP contribution in [-0.2, 0) is 11.3 Å². The second-order valence-corrected chi connectivity index (χ2v) is 6.91. The number of rotatable bonds is 8. The van der Waals surface area contributed by atoms with Crippen molar-refractivity contribution in [2.45, 2.75) is 26.3 Å². The number of nitrogens with zero attached hydrogens (tertiary/aromatic N) is 1. The van der Waals surface area contributed by atoms with Crippen molar-refractivity contribution < 1.29 is 18.5 Å². The number of amides is 1. The summed E-state index contributed by atoms with van der Waals surface area (Å²) in [5.74, 6) is -1.44. The molecule has 1 atom stereocenters. The maximum absolute atomic E-state index is 13.8. The summed E-state index contributed by atoms with van der Waals surface area (Å²) in [6.45, 7) is 3.14. The standard InChI is InChI=1S/C21H22F2N4O2/c1-2-3-10-27(13-20(28)25-18-9-8-14(22)11-16(18)23)12-19-24-17-7-5-4-6-15(17)21(29)26-19/h4-9,11H,2-3,10,12-13H2,1H3,(H,25,28)(H,24,26,29)/p+1. The quantitative estimate of drug-likeness (QED) is 0.540. The average molecular weight is 401 g/mol. The molecule has 3 N–H and O–H groups in total. The van der Waals surface area contributed by atoms with Crippen LogP contribution in [-0.4, -0.2) is 29.0 Å². The molecular weight excluding hydrogens is 378 g/mol. The molecule has 0 fully saturated rings. The Morgan fingerprint density at radius 1 is 1.21 bits per heavy atom. The largest absolute Gasteiger partial charge is 0.321 e. The van der Waals surface area contributed by atoms with E-state index in [0.717, 1.165) is 29.9 Å². The Kier molecular flexibility index (Phi) is 6.66. The first-order valence-electron chi connectivity index (χ1n) is 9.52. The number of para-hydroxylation sites is 1. The van der Waals surface area contributed by atoms with E-state index in [9.17, 15) is 18.4 Å². The van der Waals surface area contributed by atoms with Crippen molar-refractivity contribution in [3.63, 3.8) is 0 Å². The molecular formula is C21H23F2N4O2+. The number of anilines is 1. The van der Waals surface area contributed by atoms with Crippen molar-refractivity contribution in [1.82, 2.24) is 9.97 Å². The van der Waals surface area contributed by atoms with Crippen LogP contribution in [0.3, 0.4) is 0 Å². The van der Waals surface area contributed by atoms with Crippen molar-refractivity contribution in [2.75, 3.05) is 18.4 Å². The minimum Gasteiger partial charge on any atom is -0.321 e. The molecule has 8 heteroatoms. The van der Waals surface area contributed by atoms with Crippen LogP contribution < -0.4 is 15.8 Å². The van der Waals surface area contributed by atoms with E-state index in [0.29, 0.717) is 29.8 Å². The van der Waals surface area contributed by atoms with Gasteiger partial charge in [-0.15, -0.1) is 0 Å². The predicted octanol–water partition coefficient (Wildman–Crippen LogP) is 2.02. The van der Waals surface area contributed by atoms with Crippen LogP contribution in [0.15, 0.2) is 47.3 Å². The third-order valence-corrected chi connectivity index (χ3v) is 4.58. The Morgan fingerprint density at radius 2 is 2.00 bits per heavy atom. The third kappa shape index (κ3) is 5.45. The smallest absolute Gasteiger partial charge is 0.279 e. The van der Waals surface area contributed by atoms with Crippen molar-refractivity contribution in [2.24, 2.45) is 0 Å². The molecule has 6 nitrogen and oxygen atoms in total. The number of benzene rings is 2. The van der Waals surface area contributed by atoms with E-state index in [1.54, 1.807) is 18.2 Å². The first-order valence-corrected chi connectivity index (χ1v) is 9.52.